The standard InChI is InChI=1S/C12H20N2S/c1-3-8-15-10-12(14-4-2)11-6-5-7-13-9-11/h5-7,9,12,14H,3-4,8,10H2,1-2H3. The van der Waals surface area contributed by atoms with E-state index in [-0.39, 0.29) is 0 Å². The van der Waals surface area contributed by atoms with E-state index in [0.29, 0.717) is 6.04 Å². The van der Waals surface area contributed by atoms with E-state index < -0.39 is 0 Å². The summed E-state index contributed by atoms with van der Waals surface area (Å²) < 4.78 is 0. The van der Waals surface area contributed by atoms with Crippen LogP contribution in [0.3, 0.4) is 0 Å². The van der Waals surface area contributed by atoms with Crippen LogP contribution in [0.1, 0.15) is 31.9 Å². The summed E-state index contributed by atoms with van der Waals surface area (Å²) in [7, 11) is 0. The molecule has 0 saturated carbocycles. The van der Waals surface area contributed by atoms with Crippen LogP contribution in [0.25, 0.3) is 0 Å². The van der Waals surface area contributed by atoms with Crippen LogP contribution in [0, 0.1) is 0 Å². The van der Waals surface area contributed by atoms with Crippen LogP contribution < -0.4 is 5.32 Å². The summed E-state index contributed by atoms with van der Waals surface area (Å²) in [5, 5.41) is 3.50. The van der Waals surface area contributed by atoms with E-state index >= 15 is 0 Å². The van der Waals surface area contributed by atoms with Gasteiger partial charge in [-0.1, -0.05) is 19.9 Å². The minimum Gasteiger partial charge on any atom is -0.309 e. The number of aromatic nitrogens is 1. The minimum absolute atomic E-state index is 0.445. The summed E-state index contributed by atoms with van der Waals surface area (Å²) in [4.78, 5) is 4.17. The number of nitrogens with zero attached hydrogens (tertiary/aromatic N) is 1. The molecule has 1 rings (SSSR count). The van der Waals surface area contributed by atoms with Crippen molar-refractivity contribution in [3.8, 4) is 0 Å². The zero-order chi connectivity index (χ0) is 10.9. The van der Waals surface area contributed by atoms with Gasteiger partial charge in [0.2, 0.25) is 0 Å². The summed E-state index contributed by atoms with van der Waals surface area (Å²) in [6.07, 6.45) is 5.03. The van der Waals surface area contributed by atoms with E-state index in [4.69, 9.17) is 0 Å². The predicted molar refractivity (Wildman–Crippen MR) is 68.3 cm³/mol. The average molecular weight is 224 g/mol. The summed E-state index contributed by atoms with van der Waals surface area (Å²) in [5.41, 5.74) is 1.29. The van der Waals surface area contributed by atoms with Gasteiger partial charge in [0.25, 0.3) is 0 Å². The molecule has 15 heavy (non-hydrogen) atoms. The zero-order valence-electron chi connectivity index (χ0n) is 9.57. The normalized spacial score (nSPS) is 12.7. The van der Waals surface area contributed by atoms with E-state index in [9.17, 15) is 0 Å². The first-order valence-corrected chi connectivity index (χ1v) is 6.75. The lowest BCUT2D eigenvalue weighted by Gasteiger charge is -2.17. The number of hydrogen-bond donors (Lipinski definition) is 1. The van der Waals surface area contributed by atoms with Gasteiger partial charge in [-0.15, -0.1) is 0 Å². The Kier molecular flexibility index (Phi) is 6.44. The molecule has 1 aromatic rings. The van der Waals surface area contributed by atoms with Gasteiger partial charge in [0.1, 0.15) is 0 Å². The Labute approximate surface area is 96.9 Å². The summed E-state index contributed by atoms with van der Waals surface area (Å²) >= 11 is 2.01. The first kappa shape index (κ1) is 12.5. The SMILES string of the molecule is CCCSCC(NCC)c1cccnc1. The molecule has 0 bridgehead atoms. The molecule has 0 radical (unpaired) electrons. The van der Waals surface area contributed by atoms with Crippen molar-refractivity contribution in [2.24, 2.45) is 0 Å². The van der Waals surface area contributed by atoms with Gasteiger partial charge >= 0.3 is 0 Å². The van der Waals surface area contributed by atoms with Gasteiger partial charge in [-0.05, 0) is 30.3 Å². The maximum Gasteiger partial charge on any atom is 0.0427 e. The van der Waals surface area contributed by atoms with Crippen molar-refractivity contribution < 1.29 is 0 Å². The Morgan fingerprint density at radius 2 is 2.33 bits per heavy atom. The minimum atomic E-state index is 0.445. The molecular weight excluding hydrogens is 204 g/mol. The third-order valence-electron chi connectivity index (χ3n) is 2.17. The van der Waals surface area contributed by atoms with Crippen molar-refractivity contribution in [3.63, 3.8) is 0 Å². The Bertz CT molecular complexity index is 251. The molecule has 1 heterocycles. The summed E-state index contributed by atoms with van der Waals surface area (Å²) in [6, 6.07) is 4.59. The number of pyridine rings is 1. The van der Waals surface area contributed by atoms with Crippen LogP contribution in [0.15, 0.2) is 24.5 Å². The monoisotopic (exact) mass is 224 g/mol. The predicted octanol–water partition coefficient (Wildman–Crippen LogP) is 2.88. The average Bonchev–Trinajstić information content (AvgIpc) is 2.29. The van der Waals surface area contributed by atoms with Gasteiger partial charge in [-0.25, -0.2) is 0 Å². The molecule has 0 spiro atoms. The van der Waals surface area contributed by atoms with Crippen molar-refractivity contribution in [2.45, 2.75) is 26.3 Å². The lowest BCUT2D eigenvalue weighted by atomic mass is 10.1. The Hall–Kier alpha value is -0.540. The number of rotatable bonds is 7. The first-order chi connectivity index (χ1) is 7.38. The summed E-state index contributed by atoms with van der Waals surface area (Å²) in [5.74, 6) is 2.37. The van der Waals surface area contributed by atoms with Gasteiger partial charge in [0.15, 0.2) is 0 Å². The first-order valence-electron chi connectivity index (χ1n) is 5.59. The molecule has 1 N–H and O–H groups in total. The van der Waals surface area contributed by atoms with Crippen molar-refractivity contribution in [1.29, 1.82) is 0 Å². The van der Waals surface area contributed by atoms with Crippen LogP contribution >= 0.6 is 11.8 Å². The van der Waals surface area contributed by atoms with Gasteiger partial charge in [-0.2, -0.15) is 11.8 Å². The second kappa shape index (κ2) is 7.71. The van der Waals surface area contributed by atoms with Crippen molar-refractivity contribution in [2.75, 3.05) is 18.1 Å². The van der Waals surface area contributed by atoms with Crippen LogP contribution in [0.5, 0.6) is 0 Å². The zero-order valence-corrected chi connectivity index (χ0v) is 10.4. The van der Waals surface area contributed by atoms with Crippen molar-refractivity contribution in [1.82, 2.24) is 10.3 Å². The van der Waals surface area contributed by atoms with E-state index in [1.807, 2.05) is 30.2 Å². The Morgan fingerprint density at radius 3 is 2.93 bits per heavy atom. The molecule has 1 atom stereocenters. The molecule has 0 aliphatic rings. The molecule has 3 heteroatoms. The molecule has 0 aliphatic carbocycles. The highest BCUT2D eigenvalue weighted by atomic mass is 32.2. The largest absolute Gasteiger partial charge is 0.309 e. The molecule has 0 amide bonds. The van der Waals surface area contributed by atoms with E-state index in [2.05, 4.69) is 30.2 Å². The highest BCUT2D eigenvalue weighted by Gasteiger charge is 2.09. The highest BCUT2D eigenvalue weighted by Crippen LogP contribution is 2.17. The second-order valence-electron chi connectivity index (χ2n) is 3.47. The van der Waals surface area contributed by atoms with Crippen molar-refractivity contribution in [3.05, 3.63) is 30.1 Å². The lowest BCUT2D eigenvalue weighted by Crippen LogP contribution is -2.23. The fraction of sp³-hybridized carbons (Fsp3) is 0.583. The molecule has 84 valence electrons. The van der Waals surface area contributed by atoms with E-state index in [0.717, 1.165) is 12.3 Å². The van der Waals surface area contributed by atoms with Gasteiger partial charge in [0, 0.05) is 24.2 Å². The highest BCUT2D eigenvalue weighted by molar-refractivity contribution is 7.99. The molecule has 0 aliphatic heterocycles. The van der Waals surface area contributed by atoms with Gasteiger partial charge in [0.05, 0.1) is 0 Å². The maximum atomic E-state index is 4.17. The third kappa shape index (κ3) is 4.67. The van der Waals surface area contributed by atoms with Crippen LogP contribution in [0.4, 0.5) is 0 Å². The smallest absolute Gasteiger partial charge is 0.0427 e. The lowest BCUT2D eigenvalue weighted by molar-refractivity contribution is 0.604. The third-order valence-corrected chi connectivity index (χ3v) is 3.44. The molecule has 0 saturated heterocycles. The molecular formula is C12H20N2S. The maximum absolute atomic E-state index is 4.17. The molecule has 2 nitrogen and oxygen atoms in total. The fourth-order valence-electron chi connectivity index (χ4n) is 1.45. The fourth-order valence-corrected chi connectivity index (χ4v) is 2.45. The van der Waals surface area contributed by atoms with Crippen LogP contribution in [-0.4, -0.2) is 23.0 Å². The molecule has 1 unspecified atom stereocenters. The number of thioether (sulfide) groups is 1. The Morgan fingerprint density at radius 1 is 1.47 bits per heavy atom. The van der Waals surface area contributed by atoms with Gasteiger partial charge in [-0.3, -0.25) is 4.98 Å². The van der Waals surface area contributed by atoms with Crippen molar-refractivity contribution >= 4 is 11.8 Å². The topological polar surface area (TPSA) is 24.9 Å². The van der Waals surface area contributed by atoms with E-state index in [1.165, 1.54) is 17.7 Å². The second-order valence-corrected chi connectivity index (χ2v) is 4.62. The Balaban J connectivity index is 2.50. The van der Waals surface area contributed by atoms with Crippen LogP contribution in [0.2, 0.25) is 0 Å². The quantitative estimate of drug-likeness (QED) is 0.721. The molecule has 0 aromatic carbocycles. The number of hydrogen-bond acceptors (Lipinski definition) is 3. The molecule has 0 fully saturated rings. The molecule has 1 aromatic heterocycles. The van der Waals surface area contributed by atoms with Crippen LogP contribution in [-0.2, 0) is 0 Å². The van der Waals surface area contributed by atoms with Gasteiger partial charge < -0.3 is 5.32 Å². The van der Waals surface area contributed by atoms with E-state index in [1.54, 1.807) is 0 Å². The number of nitrogens with one attached hydrogen (secondary N) is 1. The summed E-state index contributed by atoms with van der Waals surface area (Å²) in [6.45, 7) is 5.37.